The van der Waals surface area contributed by atoms with Gasteiger partial charge in [-0.25, -0.2) is 4.90 Å². The summed E-state index contributed by atoms with van der Waals surface area (Å²) >= 11 is 1.46. The summed E-state index contributed by atoms with van der Waals surface area (Å²) in [6, 6.07) is 14.8. The van der Waals surface area contributed by atoms with E-state index in [1.54, 1.807) is 30.6 Å². The lowest BCUT2D eigenvalue weighted by atomic mass is 10.1. The van der Waals surface area contributed by atoms with Crippen LogP contribution in [0.15, 0.2) is 72.0 Å². The van der Waals surface area contributed by atoms with Crippen molar-refractivity contribution in [3.05, 3.63) is 82.4 Å². The first-order chi connectivity index (χ1) is 15.2. The highest BCUT2D eigenvalue weighted by Gasteiger charge is 2.43. The molecule has 31 heavy (non-hydrogen) atoms. The van der Waals surface area contributed by atoms with Gasteiger partial charge in [-0.15, -0.1) is 11.3 Å². The van der Waals surface area contributed by atoms with Gasteiger partial charge in [0.15, 0.2) is 0 Å². The molecular formula is C24H23N3O3S. The maximum absolute atomic E-state index is 13.6. The molecule has 1 aliphatic rings. The molecule has 0 atom stereocenters. The number of nitrogens with zero attached hydrogens (tertiary/aromatic N) is 3. The van der Waals surface area contributed by atoms with Crippen LogP contribution in [-0.2, 0) is 16.0 Å². The van der Waals surface area contributed by atoms with E-state index >= 15 is 0 Å². The molecule has 7 heteroatoms. The van der Waals surface area contributed by atoms with Gasteiger partial charge in [0.2, 0.25) is 0 Å². The first-order valence-corrected chi connectivity index (χ1v) is 11.0. The number of ether oxygens (including phenoxy) is 1. The summed E-state index contributed by atoms with van der Waals surface area (Å²) in [5.41, 5.74) is 2.47. The number of hydrogen-bond acceptors (Lipinski definition) is 6. The van der Waals surface area contributed by atoms with E-state index in [0.717, 1.165) is 16.9 Å². The standard InChI is InChI=1S/C24H23N3O3S/c1-3-26(15-12-17-10-13-25-14-11-17)22-21(20-9-6-16-31-20)23(28)27(24(22)29)18-7-4-5-8-19(18)30-2/h4-11,13-14,16H,3,12,15H2,1-2H3. The zero-order chi connectivity index (χ0) is 21.8. The van der Waals surface area contributed by atoms with Crippen LogP contribution in [0.2, 0.25) is 0 Å². The van der Waals surface area contributed by atoms with Crippen LogP contribution in [0.4, 0.5) is 5.69 Å². The topological polar surface area (TPSA) is 62.7 Å². The van der Waals surface area contributed by atoms with Crippen LogP contribution in [0.5, 0.6) is 5.75 Å². The molecule has 2 amide bonds. The zero-order valence-corrected chi connectivity index (χ0v) is 18.3. The zero-order valence-electron chi connectivity index (χ0n) is 17.4. The van der Waals surface area contributed by atoms with Gasteiger partial charge >= 0.3 is 0 Å². The van der Waals surface area contributed by atoms with Gasteiger partial charge in [0.05, 0.1) is 18.4 Å². The summed E-state index contributed by atoms with van der Waals surface area (Å²) in [6.07, 6.45) is 4.26. The molecule has 0 saturated carbocycles. The number of benzene rings is 1. The van der Waals surface area contributed by atoms with Crippen molar-refractivity contribution in [3.63, 3.8) is 0 Å². The average molecular weight is 434 g/mol. The Morgan fingerprint density at radius 2 is 1.81 bits per heavy atom. The molecule has 0 unspecified atom stereocenters. The van der Waals surface area contributed by atoms with Gasteiger partial charge in [-0.1, -0.05) is 18.2 Å². The van der Waals surface area contributed by atoms with Crippen LogP contribution in [0.25, 0.3) is 5.57 Å². The lowest BCUT2D eigenvalue weighted by Crippen LogP contribution is -2.36. The third-order valence-corrected chi connectivity index (χ3v) is 6.16. The summed E-state index contributed by atoms with van der Waals surface area (Å²) in [5.74, 6) is -0.167. The Bertz CT molecular complexity index is 1110. The summed E-state index contributed by atoms with van der Waals surface area (Å²) in [6.45, 7) is 3.21. The highest BCUT2D eigenvalue weighted by atomic mass is 32.1. The molecule has 0 spiro atoms. The van der Waals surface area contributed by atoms with Crippen LogP contribution in [0.3, 0.4) is 0 Å². The summed E-state index contributed by atoms with van der Waals surface area (Å²) in [5, 5.41) is 1.91. The fourth-order valence-corrected chi connectivity index (χ4v) is 4.49. The maximum atomic E-state index is 13.6. The predicted molar refractivity (Wildman–Crippen MR) is 122 cm³/mol. The van der Waals surface area contributed by atoms with Crippen molar-refractivity contribution >= 4 is 34.4 Å². The van der Waals surface area contributed by atoms with Crippen molar-refractivity contribution in [1.82, 2.24) is 9.88 Å². The first-order valence-electron chi connectivity index (χ1n) is 10.1. The second-order valence-corrected chi connectivity index (χ2v) is 7.95. The average Bonchev–Trinajstić information content (AvgIpc) is 3.41. The molecule has 0 fully saturated rings. The molecule has 0 bridgehead atoms. The van der Waals surface area contributed by atoms with E-state index in [-0.39, 0.29) is 11.8 Å². The number of para-hydroxylation sites is 2. The highest BCUT2D eigenvalue weighted by Crippen LogP contribution is 2.39. The van der Waals surface area contributed by atoms with Crippen molar-refractivity contribution < 1.29 is 14.3 Å². The minimum Gasteiger partial charge on any atom is -0.495 e. The van der Waals surface area contributed by atoms with Gasteiger partial charge in [-0.3, -0.25) is 14.6 Å². The quantitative estimate of drug-likeness (QED) is 0.503. The van der Waals surface area contributed by atoms with Crippen molar-refractivity contribution in [1.29, 1.82) is 0 Å². The van der Waals surface area contributed by atoms with Crippen LogP contribution in [0, 0.1) is 0 Å². The lowest BCUT2D eigenvalue weighted by Gasteiger charge is -2.25. The molecule has 1 aromatic carbocycles. The third-order valence-electron chi connectivity index (χ3n) is 5.27. The largest absolute Gasteiger partial charge is 0.495 e. The minimum atomic E-state index is -0.325. The molecule has 3 heterocycles. The van der Waals surface area contributed by atoms with Gasteiger partial charge in [0, 0.05) is 30.4 Å². The smallest absolute Gasteiger partial charge is 0.282 e. The van der Waals surface area contributed by atoms with Crippen molar-refractivity contribution in [2.75, 3.05) is 25.1 Å². The number of carbonyl (C=O) groups excluding carboxylic acids is 2. The molecule has 0 radical (unpaired) electrons. The molecular weight excluding hydrogens is 410 g/mol. The van der Waals surface area contributed by atoms with E-state index < -0.39 is 0 Å². The molecule has 0 aliphatic carbocycles. The van der Waals surface area contributed by atoms with E-state index in [1.165, 1.54) is 23.3 Å². The molecule has 2 aromatic heterocycles. The monoisotopic (exact) mass is 433 g/mol. The fraction of sp³-hybridized carbons (Fsp3) is 0.208. The van der Waals surface area contributed by atoms with Gasteiger partial charge in [-0.05, 0) is 54.6 Å². The Balaban J connectivity index is 1.74. The van der Waals surface area contributed by atoms with Gasteiger partial charge < -0.3 is 9.64 Å². The molecule has 6 nitrogen and oxygen atoms in total. The van der Waals surface area contributed by atoms with Gasteiger partial charge in [0.25, 0.3) is 11.8 Å². The number of rotatable bonds is 8. The Kier molecular flexibility index (Phi) is 6.13. The predicted octanol–water partition coefficient (Wildman–Crippen LogP) is 4.00. The second-order valence-electron chi connectivity index (χ2n) is 7.00. The SMILES string of the molecule is CCN(CCc1ccncc1)C1=C(c2cccs2)C(=O)N(c2ccccc2OC)C1=O. The minimum absolute atomic E-state index is 0.325. The fourth-order valence-electron chi connectivity index (χ4n) is 3.73. The van der Waals surface area contributed by atoms with E-state index in [4.69, 9.17) is 4.74 Å². The lowest BCUT2D eigenvalue weighted by molar-refractivity contribution is -0.120. The number of thiophene rings is 1. The Labute approximate surface area is 185 Å². The normalized spacial score (nSPS) is 13.8. The van der Waals surface area contributed by atoms with Crippen LogP contribution < -0.4 is 9.64 Å². The van der Waals surface area contributed by atoms with E-state index in [2.05, 4.69) is 4.98 Å². The number of pyridine rings is 1. The highest BCUT2D eigenvalue weighted by molar-refractivity contribution is 7.11. The van der Waals surface area contributed by atoms with Crippen molar-refractivity contribution in [2.45, 2.75) is 13.3 Å². The van der Waals surface area contributed by atoms with Crippen LogP contribution in [-0.4, -0.2) is 41.9 Å². The molecule has 0 N–H and O–H groups in total. The van der Waals surface area contributed by atoms with Crippen molar-refractivity contribution in [3.8, 4) is 5.75 Å². The third kappa shape index (κ3) is 3.96. The molecule has 3 aromatic rings. The number of imide groups is 1. The maximum Gasteiger partial charge on any atom is 0.282 e. The summed E-state index contributed by atoms with van der Waals surface area (Å²) in [4.78, 5) is 35.3. The molecule has 4 rings (SSSR count). The summed E-state index contributed by atoms with van der Waals surface area (Å²) < 4.78 is 5.43. The number of methoxy groups -OCH3 is 1. The molecule has 0 saturated heterocycles. The van der Waals surface area contributed by atoms with Crippen molar-refractivity contribution in [2.24, 2.45) is 0 Å². The van der Waals surface area contributed by atoms with Gasteiger partial charge in [-0.2, -0.15) is 0 Å². The van der Waals surface area contributed by atoms with Gasteiger partial charge in [0.1, 0.15) is 11.4 Å². The van der Waals surface area contributed by atoms with E-state index in [1.807, 2.05) is 47.5 Å². The number of aromatic nitrogens is 1. The Morgan fingerprint density at radius 1 is 1.03 bits per heavy atom. The number of amides is 2. The molecule has 1 aliphatic heterocycles. The molecule has 158 valence electrons. The summed E-state index contributed by atoms with van der Waals surface area (Å²) in [7, 11) is 1.53. The number of anilines is 1. The second kappa shape index (κ2) is 9.14. The first kappa shape index (κ1) is 20.8. The van der Waals surface area contributed by atoms with E-state index in [9.17, 15) is 9.59 Å². The Hall–Kier alpha value is -3.45. The van der Waals surface area contributed by atoms with Crippen LogP contribution >= 0.6 is 11.3 Å². The van der Waals surface area contributed by atoms with Crippen LogP contribution in [0.1, 0.15) is 17.4 Å². The number of hydrogen-bond donors (Lipinski definition) is 0. The van der Waals surface area contributed by atoms with E-state index in [0.29, 0.717) is 35.8 Å². The number of carbonyl (C=O) groups is 2. The Morgan fingerprint density at radius 3 is 2.48 bits per heavy atom. The number of likely N-dealkylation sites (N-methyl/N-ethyl adjacent to an activating group) is 1.